The molecule has 2 heterocycles. The Hall–Kier alpha value is -3.74. The molecule has 1 aromatic rings. The SMILES string of the molecule is CC(C)(C)OC(=O)NC(C(=O)NC1C(=O)N2C(C(=O)O)=C(COC(N)=O)CS[C@H]12)c1ccccc1. The average Bonchev–Trinajstić information content (AvgIpc) is 2.77. The topological polar surface area (TPSA) is 177 Å². The molecule has 0 saturated carbocycles. The predicted molar refractivity (Wildman–Crippen MR) is 124 cm³/mol. The summed E-state index contributed by atoms with van der Waals surface area (Å²) in [6.45, 7) is 4.68. The van der Waals surface area contributed by atoms with Crippen molar-refractivity contribution in [2.75, 3.05) is 12.4 Å². The molecule has 1 fully saturated rings. The van der Waals surface area contributed by atoms with Gasteiger partial charge in [-0.1, -0.05) is 30.3 Å². The maximum Gasteiger partial charge on any atom is 0.408 e. The van der Waals surface area contributed by atoms with Crippen LogP contribution in [-0.4, -0.2) is 69.4 Å². The van der Waals surface area contributed by atoms with E-state index in [1.807, 2.05) is 0 Å². The zero-order valence-electron chi connectivity index (χ0n) is 19.3. The van der Waals surface area contributed by atoms with Gasteiger partial charge in [0, 0.05) is 11.3 Å². The number of carboxylic acid groups (broad SMARTS) is 1. The van der Waals surface area contributed by atoms with Crippen molar-refractivity contribution >= 4 is 41.7 Å². The largest absolute Gasteiger partial charge is 0.477 e. The van der Waals surface area contributed by atoms with Crippen LogP contribution in [0.5, 0.6) is 0 Å². The predicted octanol–water partition coefficient (Wildman–Crippen LogP) is 1.09. The highest BCUT2D eigenvalue weighted by atomic mass is 32.2. The molecule has 0 radical (unpaired) electrons. The first-order valence-corrected chi connectivity index (χ1v) is 11.6. The minimum atomic E-state index is -1.37. The van der Waals surface area contributed by atoms with Gasteiger partial charge in [-0.05, 0) is 26.3 Å². The number of nitrogens with zero attached hydrogens (tertiary/aromatic N) is 1. The monoisotopic (exact) mass is 506 g/mol. The lowest BCUT2D eigenvalue weighted by atomic mass is 10.0. The van der Waals surface area contributed by atoms with Crippen LogP contribution in [0.2, 0.25) is 0 Å². The summed E-state index contributed by atoms with van der Waals surface area (Å²) in [6.07, 6.45) is -1.89. The van der Waals surface area contributed by atoms with Gasteiger partial charge in [-0.2, -0.15) is 0 Å². The maximum atomic E-state index is 13.2. The van der Waals surface area contributed by atoms with E-state index in [1.165, 1.54) is 11.8 Å². The molecular formula is C22H26N4O8S. The van der Waals surface area contributed by atoms with Gasteiger partial charge in [-0.3, -0.25) is 14.5 Å². The number of rotatable bonds is 7. The van der Waals surface area contributed by atoms with E-state index in [2.05, 4.69) is 10.6 Å². The summed E-state index contributed by atoms with van der Waals surface area (Å²) in [7, 11) is 0. The number of primary amides is 1. The van der Waals surface area contributed by atoms with Gasteiger partial charge < -0.3 is 30.9 Å². The van der Waals surface area contributed by atoms with Crippen molar-refractivity contribution in [3.63, 3.8) is 0 Å². The van der Waals surface area contributed by atoms with Crippen molar-refractivity contribution in [1.82, 2.24) is 15.5 Å². The lowest BCUT2D eigenvalue weighted by Crippen LogP contribution is -2.71. The third-order valence-corrected chi connectivity index (χ3v) is 6.33. The average molecular weight is 507 g/mol. The van der Waals surface area contributed by atoms with Crippen LogP contribution in [0.3, 0.4) is 0 Å². The quantitative estimate of drug-likeness (QED) is 0.394. The van der Waals surface area contributed by atoms with E-state index in [0.29, 0.717) is 5.56 Å². The van der Waals surface area contributed by atoms with E-state index in [-0.39, 0.29) is 23.6 Å². The summed E-state index contributed by atoms with van der Waals surface area (Å²) in [5, 5.41) is 14.1. The summed E-state index contributed by atoms with van der Waals surface area (Å²) < 4.78 is 9.95. The fourth-order valence-corrected chi connectivity index (χ4v) is 4.89. The highest BCUT2D eigenvalue weighted by molar-refractivity contribution is 8.00. The van der Waals surface area contributed by atoms with Gasteiger partial charge in [0.05, 0.1) is 0 Å². The molecular weight excluding hydrogens is 480 g/mol. The van der Waals surface area contributed by atoms with Gasteiger partial charge in [0.25, 0.3) is 5.91 Å². The van der Waals surface area contributed by atoms with E-state index >= 15 is 0 Å². The number of carboxylic acids is 1. The van der Waals surface area contributed by atoms with Crippen LogP contribution in [0, 0.1) is 0 Å². The first kappa shape index (κ1) is 25.9. The van der Waals surface area contributed by atoms with Crippen molar-refractivity contribution in [2.24, 2.45) is 5.73 Å². The van der Waals surface area contributed by atoms with Crippen LogP contribution in [0.25, 0.3) is 0 Å². The molecule has 3 rings (SSSR count). The van der Waals surface area contributed by atoms with Gasteiger partial charge in [0.15, 0.2) is 0 Å². The lowest BCUT2D eigenvalue weighted by molar-refractivity contribution is -0.151. The second-order valence-corrected chi connectivity index (χ2v) is 9.86. The van der Waals surface area contributed by atoms with E-state index in [1.54, 1.807) is 51.1 Å². The summed E-state index contributed by atoms with van der Waals surface area (Å²) >= 11 is 1.20. The summed E-state index contributed by atoms with van der Waals surface area (Å²) in [5.41, 5.74) is 4.53. The third kappa shape index (κ3) is 6.04. The first-order valence-electron chi connectivity index (χ1n) is 10.6. The first-order chi connectivity index (χ1) is 16.4. The van der Waals surface area contributed by atoms with Gasteiger partial charge in [0.2, 0.25) is 5.91 Å². The standard InChI is InChI=1S/C22H26N4O8S/c1-22(2,3)34-21(32)25-13(11-7-5-4-6-8-11)16(27)24-14-17(28)26-15(19(29)30)12(9-33-20(23)31)10-35-18(14)26/h4-8,13-14,18H,9-10H2,1-3H3,(H2,23,31)(H,24,27)(H,25,32)(H,29,30)/t13?,14?,18-/m1/s1. The Morgan fingerprint density at radius 2 is 1.89 bits per heavy atom. The Balaban J connectivity index is 1.77. The van der Waals surface area contributed by atoms with Crippen LogP contribution in [0.4, 0.5) is 9.59 Å². The Morgan fingerprint density at radius 3 is 2.46 bits per heavy atom. The van der Waals surface area contributed by atoms with E-state index < -0.39 is 53.0 Å². The number of carbonyl (C=O) groups excluding carboxylic acids is 4. The number of hydrogen-bond donors (Lipinski definition) is 4. The number of β-lactam (4-membered cyclic amide) rings is 1. The Kier molecular flexibility index (Phi) is 7.58. The summed E-state index contributed by atoms with van der Waals surface area (Å²) in [5.74, 6) is -2.53. The van der Waals surface area contributed by atoms with Crippen molar-refractivity contribution in [3.05, 3.63) is 47.2 Å². The number of amides is 4. The van der Waals surface area contributed by atoms with Gasteiger partial charge in [-0.15, -0.1) is 11.8 Å². The zero-order chi connectivity index (χ0) is 25.9. The van der Waals surface area contributed by atoms with Gasteiger partial charge in [-0.25, -0.2) is 14.4 Å². The fraction of sp³-hybridized carbons (Fsp3) is 0.409. The second kappa shape index (κ2) is 10.3. The molecule has 3 atom stereocenters. The smallest absolute Gasteiger partial charge is 0.408 e. The molecule has 2 aliphatic heterocycles. The fourth-order valence-electron chi connectivity index (χ4n) is 3.56. The molecule has 0 bridgehead atoms. The molecule has 1 aromatic carbocycles. The minimum absolute atomic E-state index is 0.147. The van der Waals surface area contributed by atoms with E-state index in [9.17, 15) is 29.1 Å². The normalized spacial score (nSPS) is 20.2. The molecule has 0 aromatic heterocycles. The van der Waals surface area contributed by atoms with Crippen LogP contribution >= 0.6 is 11.8 Å². The molecule has 13 heteroatoms. The molecule has 0 spiro atoms. The van der Waals surface area contributed by atoms with Crippen molar-refractivity contribution in [1.29, 1.82) is 0 Å². The third-order valence-electron chi connectivity index (χ3n) is 4.99. The second-order valence-electron chi connectivity index (χ2n) is 8.75. The van der Waals surface area contributed by atoms with Gasteiger partial charge >= 0.3 is 18.2 Å². The molecule has 1 saturated heterocycles. The highest BCUT2D eigenvalue weighted by Gasteiger charge is 2.54. The Bertz CT molecular complexity index is 1070. The molecule has 2 unspecified atom stereocenters. The molecule has 12 nitrogen and oxygen atoms in total. The lowest BCUT2D eigenvalue weighted by Gasteiger charge is -2.49. The van der Waals surface area contributed by atoms with Crippen LogP contribution in [-0.2, 0) is 23.9 Å². The van der Waals surface area contributed by atoms with Gasteiger partial charge in [0.1, 0.15) is 35.4 Å². The number of nitrogens with two attached hydrogens (primary N) is 1. The van der Waals surface area contributed by atoms with Crippen LogP contribution in [0.15, 0.2) is 41.6 Å². The number of carbonyl (C=O) groups is 5. The van der Waals surface area contributed by atoms with E-state index in [0.717, 1.165) is 4.90 Å². The Morgan fingerprint density at radius 1 is 1.23 bits per heavy atom. The van der Waals surface area contributed by atoms with Crippen LogP contribution in [0.1, 0.15) is 32.4 Å². The number of fused-ring (bicyclic) bond motifs is 1. The minimum Gasteiger partial charge on any atom is -0.477 e. The molecule has 0 aliphatic carbocycles. The van der Waals surface area contributed by atoms with Crippen molar-refractivity contribution < 1.29 is 38.6 Å². The number of hydrogen-bond acceptors (Lipinski definition) is 8. The van der Waals surface area contributed by atoms with Crippen LogP contribution < -0.4 is 16.4 Å². The molecule has 4 amide bonds. The Labute approximate surface area is 205 Å². The summed E-state index contributed by atoms with van der Waals surface area (Å²) in [4.78, 5) is 62.2. The molecule has 5 N–H and O–H groups in total. The number of nitrogens with one attached hydrogen (secondary N) is 2. The maximum absolute atomic E-state index is 13.2. The van der Waals surface area contributed by atoms with Crippen molar-refractivity contribution in [3.8, 4) is 0 Å². The zero-order valence-corrected chi connectivity index (χ0v) is 20.1. The molecule has 35 heavy (non-hydrogen) atoms. The number of ether oxygens (including phenoxy) is 2. The number of alkyl carbamates (subject to hydrolysis) is 1. The molecule has 188 valence electrons. The van der Waals surface area contributed by atoms with Crippen molar-refractivity contribution in [2.45, 2.75) is 43.8 Å². The highest BCUT2D eigenvalue weighted by Crippen LogP contribution is 2.40. The number of thioether (sulfide) groups is 1. The van der Waals surface area contributed by atoms with E-state index in [4.69, 9.17) is 15.2 Å². The molecule has 2 aliphatic rings. The summed E-state index contributed by atoms with van der Waals surface area (Å²) in [6, 6.07) is 6.24. The number of benzene rings is 1. The number of aliphatic carboxylic acids is 1.